The summed E-state index contributed by atoms with van der Waals surface area (Å²) in [6.45, 7) is 2.83. The quantitative estimate of drug-likeness (QED) is 0.870. The molecule has 0 saturated heterocycles. The zero-order chi connectivity index (χ0) is 15.2. The molecule has 0 fully saturated rings. The van der Waals surface area contributed by atoms with E-state index in [2.05, 4.69) is 10.3 Å². The van der Waals surface area contributed by atoms with Crippen molar-refractivity contribution in [2.24, 2.45) is 0 Å². The highest BCUT2D eigenvalue weighted by atomic mass is 19.4. The predicted octanol–water partition coefficient (Wildman–Crippen LogP) is 1.89. The molecular weight excluding hydrogens is 271 g/mol. The number of aromatic nitrogens is 1. The van der Waals surface area contributed by atoms with Gasteiger partial charge >= 0.3 is 6.18 Å². The van der Waals surface area contributed by atoms with Crippen LogP contribution in [0.4, 0.5) is 13.2 Å². The van der Waals surface area contributed by atoms with Crippen LogP contribution in [0.5, 0.6) is 0 Å². The summed E-state index contributed by atoms with van der Waals surface area (Å²) in [4.78, 5) is 17.5. The zero-order valence-electron chi connectivity index (χ0n) is 11.5. The van der Waals surface area contributed by atoms with Crippen molar-refractivity contribution in [3.8, 4) is 0 Å². The Labute approximate surface area is 116 Å². The van der Waals surface area contributed by atoms with Gasteiger partial charge in [-0.2, -0.15) is 13.2 Å². The third-order valence-electron chi connectivity index (χ3n) is 2.63. The van der Waals surface area contributed by atoms with Gasteiger partial charge in [0.15, 0.2) is 0 Å². The van der Waals surface area contributed by atoms with Crippen molar-refractivity contribution >= 4 is 5.91 Å². The third-order valence-corrected chi connectivity index (χ3v) is 2.63. The average Bonchev–Trinajstić information content (AvgIpc) is 2.34. The van der Waals surface area contributed by atoms with Crippen LogP contribution in [0.25, 0.3) is 0 Å². The van der Waals surface area contributed by atoms with Crippen molar-refractivity contribution in [1.29, 1.82) is 0 Å². The van der Waals surface area contributed by atoms with Gasteiger partial charge in [-0.3, -0.25) is 9.78 Å². The predicted molar refractivity (Wildman–Crippen MR) is 69.0 cm³/mol. The maximum absolute atomic E-state index is 12.0. The van der Waals surface area contributed by atoms with E-state index < -0.39 is 12.7 Å². The molecule has 0 atom stereocenters. The van der Waals surface area contributed by atoms with Crippen LogP contribution in [0, 0.1) is 6.92 Å². The van der Waals surface area contributed by atoms with E-state index in [1.54, 1.807) is 13.0 Å². The van der Waals surface area contributed by atoms with E-state index in [-0.39, 0.29) is 12.5 Å². The second-order valence-corrected chi connectivity index (χ2v) is 4.40. The van der Waals surface area contributed by atoms with Gasteiger partial charge < -0.3 is 10.2 Å². The zero-order valence-corrected chi connectivity index (χ0v) is 11.5. The Morgan fingerprint density at radius 3 is 2.65 bits per heavy atom. The molecule has 0 saturated carbocycles. The van der Waals surface area contributed by atoms with Crippen LogP contribution in [0.3, 0.4) is 0 Å². The minimum absolute atomic E-state index is 0.296. The molecule has 112 valence electrons. The minimum Gasteiger partial charge on any atom is -0.336 e. The molecule has 0 aliphatic heterocycles. The summed E-state index contributed by atoms with van der Waals surface area (Å²) >= 11 is 0. The molecule has 0 aliphatic carbocycles. The van der Waals surface area contributed by atoms with Crippen LogP contribution in [0.15, 0.2) is 18.2 Å². The molecule has 0 spiro atoms. The Hall–Kier alpha value is -1.63. The van der Waals surface area contributed by atoms with Gasteiger partial charge in [-0.15, -0.1) is 0 Å². The number of amides is 1. The van der Waals surface area contributed by atoms with Crippen molar-refractivity contribution in [2.45, 2.75) is 26.6 Å². The minimum atomic E-state index is -4.31. The van der Waals surface area contributed by atoms with E-state index in [1.165, 1.54) is 4.90 Å². The molecule has 1 aromatic rings. The number of likely N-dealkylation sites (N-methyl/N-ethyl adjacent to an activating group) is 1. The monoisotopic (exact) mass is 289 g/mol. The van der Waals surface area contributed by atoms with Gasteiger partial charge in [0.25, 0.3) is 0 Å². The number of aryl methyl sites for hydroxylation is 1. The molecule has 0 radical (unpaired) electrons. The second-order valence-electron chi connectivity index (χ2n) is 4.40. The Bertz CT molecular complexity index is 449. The number of hydrogen-bond acceptors (Lipinski definition) is 3. The number of nitrogens with one attached hydrogen (secondary N) is 1. The van der Waals surface area contributed by atoms with E-state index in [4.69, 9.17) is 0 Å². The molecule has 7 heteroatoms. The summed E-state index contributed by atoms with van der Waals surface area (Å²) < 4.78 is 35.9. The van der Waals surface area contributed by atoms with Gasteiger partial charge in [0.1, 0.15) is 0 Å². The van der Waals surface area contributed by atoms with Crippen molar-refractivity contribution in [3.05, 3.63) is 29.6 Å². The highest BCUT2D eigenvalue weighted by molar-refractivity contribution is 5.78. The first-order valence-corrected chi connectivity index (χ1v) is 6.29. The number of carbonyl (C=O) groups is 1. The van der Waals surface area contributed by atoms with E-state index in [9.17, 15) is 18.0 Å². The number of nitrogens with zero attached hydrogens (tertiary/aromatic N) is 2. The molecule has 1 N–H and O–H groups in total. The summed E-state index contributed by atoms with van der Waals surface area (Å²) in [5, 5.41) is 2.10. The first-order valence-electron chi connectivity index (χ1n) is 6.29. The van der Waals surface area contributed by atoms with Gasteiger partial charge in [0, 0.05) is 12.2 Å². The first kappa shape index (κ1) is 16.4. The molecule has 1 amide bonds. The summed E-state index contributed by atoms with van der Waals surface area (Å²) in [6, 6.07) is 5.45. The summed E-state index contributed by atoms with van der Waals surface area (Å²) in [7, 11) is 0. The fourth-order valence-electron chi connectivity index (χ4n) is 1.68. The Kier molecular flexibility index (Phi) is 5.94. The smallest absolute Gasteiger partial charge is 0.336 e. The molecule has 0 aromatic carbocycles. The van der Waals surface area contributed by atoms with Crippen molar-refractivity contribution in [2.75, 3.05) is 19.6 Å². The van der Waals surface area contributed by atoms with E-state index in [1.807, 2.05) is 19.1 Å². The number of hydrogen-bond donors (Lipinski definition) is 1. The normalized spacial score (nSPS) is 11.4. The van der Waals surface area contributed by atoms with E-state index in [0.717, 1.165) is 11.4 Å². The number of carbonyl (C=O) groups excluding carboxylic acids is 1. The molecule has 20 heavy (non-hydrogen) atoms. The number of alkyl halides is 3. The van der Waals surface area contributed by atoms with Crippen LogP contribution in [0.2, 0.25) is 0 Å². The second kappa shape index (κ2) is 7.23. The lowest BCUT2D eigenvalue weighted by Crippen LogP contribution is -2.40. The van der Waals surface area contributed by atoms with Gasteiger partial charge in [0.2, 0.25) is 5.91 Å². The molecule has 1 heterocycles. The van der Waals surface area contributed by atoms with Gasteiger partial charge in [-0.1, -0.05) is 6.07 Å². The maximum Gasteiger partial charge on any atom is 0.401 e. The molecular formula is C13H18F3N3O. The van der Waals surface area contributed by atoms with Crippen LogP contribution in [0.1, 0.15) is 18.3 Å². The van der Waals surface area contributed by atoms with Crippen LogP contribution < -0.4 is 5.32 Å². The van der Waals surface area contributed by atoms with Gasteiger partial charge in [-0.25, -0.2) is 0 Å². The number of pyridine rings is 1. The summed E-state index contributed by atoms with van der Waals surface area (Å²) in [5.74, 6) is -0.375. The maximum atomic E-state index is 12.0. The van der Waals surface area contributed by atoms with Gasteiger partial charge in [0.05, 0.1) is 25.3 Å². The lowest BCUT2D eigenvalue weighted by atomic mass is 10.3. The van der Waals surface area contributed by atoms with Gasteiger partial charge in [-0.05, 0) is 26.0 Å². The topological polar surface area (TPSA) is 45.2 Å². The van der Waals surface area contributed by atoms with Crippen molar-refractivity contribution in [1.82, 2.24) is 15.2 Å². The lowest BCUT2D eigenvalue weighted by Gasteiger charge is -2.21. The molecule has 1 rings (SSSR count). The summed E-state index contributed by atoms with van der Waals surface area (Å²) in [6.07, 6.45) is -4.31. The van der Waals surface area contributed by atoms with E-state index >= 15 is 0 Å². The largest absolute Gasteiger partial charge is 0.401 e. The fraction of sp³-hybridized carbons (Fsp3) is 0.538. The molecule has 4 nitrogen and oxygen atoms in total. The molecule has 0 bridgehead atoms. The van der Waals surface area contributed by atoms with Crippen molar-refractivity contribution < 1.29 is 18.0 Å². The summed E-state index contributed by atoms with van der Waals surface area (Å²) in [5.41, 5.74) is 1.55. The Morgan fingerprint density at radius 2 is 2.10 bits per heavy atom. The SMILES string of the molecule is CCN(Cc1cccc(C)n1)C(=O)CNCC(F)(F)F. The average molecular weight is 289 g/mol. The van der Waals surface area contributed by atoms with Crippen LogP contribution in [-0.4, -0.2) is 41.6 Å². The number of halogens is 3. The standard InChI is InChI=1S/C13H18F3N3O/c1-3-19(8-11-6-4-5-10(2)18-11)12(20)7-17-9-13(14,15)16/h4-6,17H,3,7-9H2,1-2H3. The third kappa shape index (κ3) is 6.01. The Morgan fingerprint density at radius 1 is 1.40 bits per heavy atom. The first-order chi connectivity index (χ1) is 9.31. The molecule has 1 aromatic heterocycles. The van der Waals surface area contributed by atoms with Crippen LogP contribution in [-0.2, 0) is 11.3 Å². The highest BCUT2D eigenvalue weighted by Gasteiger charge is 2.27. The van der Waals surface area contributed by atoms with E-state index in [0.29, 0.717) is 13.1 Å². The lowest BCUT2D eigenvalue weighted by molar-refractivity contribution is -0.134. The van der Waals surface area contributed by atoms with Crippen LogP contribution >= 0.6 is 0 Å². The molecule has 0 aliphatic rings. The highest BCUT2D eigenvalue weighted by Crippen LogP contribution is 2.12. The fourth-order valence-corrected chi connectivity index (χ4v) is 1.68. The Balaban J connectivity index is 2.51. The van der Waals surface area contributed by atoms with Crippen molar-refractivity contribution in [3.63, 3.8) is 0 Å². The molecule has 0 unspecified atom stereocenters. The number of rotatable bonds is 6.